The zero-order valence-corrected chi connectivity index (χ0v) is 25.9. The number of unbranched alkanes of at least 4 members (excludes halogenated alkanes) is 4. The molecule has 0 aromatic heterocycles. The molecule has 2 nitrogen and oxygen atoms in total. The molecule has 0 radical (unpaired) electrons. The molecule has 2 heteroatoms. The van der Waals surface area contributed by atoms with Gasteiger partial charge in [0.05, 0.1) is 12.7 Å². The molecule has 0 bridgehead atoms. The van der Waals surface area contributed by atoms with E-state index in [9.17, 15) is 0 Å². The smallest absolute Gasteiger partial charge is 0.119 e. The number of benzene rings is 1. The molecule has 1 aromatic carbocycles. The molecule has 0 saturated heterocycles. The first-order valence-corrected chi connectivity index (χ1v) is 17.5. The van der Waals surface area contributed by atoms with Crippen molar-refractivity contribution in [2.24, 2.45) is 23.7 Å². The van der Waals surface area contributed by atoms with Crippen LogP contribution in [0.1, 0.15) is 160 Å². The van der Waals surface area contributed by atoms with Gasteiger partial charge < -0.3 is 9.47 Å². The first kappa shape index (κ1) is 30.9. The number of hydrogen-bond acceptors (Lipinski definition) is 2. The normalized spacial score (nSPS) is 29.8. The van der Waals surface area contributed by atoms with Crippen LogP contribution in [0.3, 0.4) is 0 Å². The molecule has 0 heterocycles. The van der Waals surface area contributed by atoms with Gasteiger partial charge in [-0.05, 0) is 118 Å². The van der Waals surface area contributed by atoms with Gasteiger partial charge in [-0.3, -0.25) is 0 Å². The van der Waals surface area contributed by atoms with E-state index >= 15 is 0 Å². The lowest BCUT2D eigenvalue weighted by Crippen LogP contribution is -2.20. The minimum absolute atomic E-state index is 0.539. The summed E-state index contributed by atoms with van der Waals surface area (Å²) >= 11 is 0. The highest BCUT2D eigenvalue weighted by molar-refractivity contribution is 5.29. The van der Waals surface area contributed by atoms with E-state index in [1.807, 2.05) is 0 Å². The van der Waals surface area contributed by atoms with E-state index in [1.54, 1.807) is 5.56 Å². The van der Waals surface area contributed by atoms with Crippen LogP contribution in [0.2, 0.25) is 0 Å². The fraction of sp³-hybridized carbons (Fsp3) is 0.838. The fourth-order valence-electron chi connectivity index (χ4n) is 7.79. The van der Waals surface area contributed by atoms with Crippen LogP contribution in [0.25, 0.3) is 0 Å². The average molecular weight is 539 g/mol. The summed E-state index contributed by atoms with van der Waals surface area (Å²) in [6.07, 6.45) is 29.7. The van der Waals surface area contributed by atoms with Crippen molar-refractivity contribution in [3.8, 4) is 5.75 Å². The molecule has 222 valence electrons. The van der Waals surface area contributed by atoms with Crippen LogP contribution in [0.4, 0.5) is 0 Å². The molecule has 3 aliphatic rings. The summed E-state index contributed by atoms with van der Waals surface area (Å²) in [4.78, 5) is 0. The van der Waals surface area contributed by atoms with Crippen molar-refractivity contribution in [1.82, 2.24) is 0 Å². The third kappa shape index (κ3) is 11.4. The van der Waals surface area contributed by atoms with Crippen molar-refractivity contribution in [3.05, 3.63) is 29.8 Å². The molecule has 0 atom stereocenters. The van der Waals surface area contributed by atoms with Gasteiger partial charge in [-0.1, -0.05) is 90.2 Å². The van der Waals surface area contributed by atoms with Gasteiger partial charge in [-0.2, -0.15) is 0 Å². The number of rotatable bonds is 16. The Hall–Kier alpha value is -1.02. The van der Waals surface area contributed by atoms with Crippen molar-refractivity contribution in [3.63, 3.8) is 0 Å². The van der Waals surface area contributed by atoms with E-state index in [4.69, 9.17) is 9.47 Å². The third-order valence-electron chi connectivity index (χ3n) is 10.7. The van der Waals surface area contributed by atoms with Gasteiger partial charge in [0.25, 0.3) is 0 Å². The molecule has 0 aliphatic heterocycles. The van der Waals surface area contributed by atoms with Gasteiger partial charge in [0.2, 0.25) is 0 Å². The summed E-state index contributed by atoms with van der Waals surface area (Å²) < 4.78 is 12.2. The highest BCUT2D eigenvalue weighted by atomic mass is 16.5. The maximum Gasteiger partial charge on any atom is 0.119 e. The van der Waals surface area contributed by atoms with Crippen molar-refractivity contribution < 1.29 is 9.47 Å². The van der Waals surface area contributed by atoms with Gasteiger partial charge in [-0.15, -0.1) is 0 Å². The van der Waals surface area contributed by atoms with Crippen molar-refractivity contribution in [2.75, 3.05) is 13.2 Å². The van der Waals surface area contributed by atoms with Crippen LogP contribution in [0, 0.1) is 23.7 Å². The van der Waals surface area contributed by atoms with Gasteiger partial charge in [0, 0.05) is 6.61 Å². The van der Waals surface area contributed by atoms with E-state index in [0.717, 1.165) is 55.0 Å². The Balaban J connectivity index is 1.00. The van der Waals surface area contributed by atoms with Gasteiger partial charge in [0.15, 0.2) is 0 Å². The van der Waals surface area contributed by atoms with Crippen LogP contribution < -0.4 is 4.74 Å². The molecule has 0 N–H and O–H groups in total. The Labute approximate surface area is 242 Å². The Morgan fingerprint density at radius 2 is 1.15 bits per heavy atom. The fourth-order valence-corrected chi connectivity index (χ4v) is 7.79. The summed E-state index contributed by atoms with van der Waals surface area (Å²) in [5.74, 6) is 5.81. The minimum Gasteiger partial charge on any atom is -0.494 e. The highest BCUT2D eigenvalue weighted by Gasteiger charge is 2.25. The topological polar surface area (TPSA) is 18.5 Å². The highest BCUT2D eigenvalue weighted by Crippen LogP contribution is 2.40. The summed E-state index contributed by atoms with van der Waals surface area (Å²) in [6.45, 7) is 6.50. The summed E-state index contributed by atoms with van der Waals surface area (Å²) in [5, 5.41) is 0. The van der Waals surface area contributed by atoms with Gasteiger partial charge in [0.1, 0.15) is 5.75 Å². The summed E-state index contributed by atoms with van der Waals surface area (Å²) in [6, 6.07) is 9.13. The van der Waals surface area contributed by atoms with Crippen LogP contribution >= 0.6 is 0 Å². The lowest BCUT2D eigenvalue weighted by Gasteiger charge is -2.32. The minimum atomic E-state index is 0.539. The second-order valence-electron chi connectivity index (χ2n) is 13.9. The Bertz CT molecular complexity index is 733. The number of ether oxygens (including phenoxy) is 2. The van der Waals surface area contributed by atoms with Crippen molar-refractivity contribution in [1.29, 1.82) is 0 Å². The second kappa shape index (κ2) is 17.7. The summed E-state index contributed by atoms with van der Waals surface area (Å²) in [7, 11) is 0. The molecular formula is C37H62O2. The molecule has 39 heavy (non-hydrogen) atoms. The van der Waals surface area contributed by atoms with E-state index in [2.05, 4.69) is 38.1 Å². The zero-order chi connectivity index (χ0) is 27.1. The lowest BCUT2D eigenvalue weighted by atomic mass is 9.74. The molecule has 0 unspecified atom stereocenters. The second-order valence-corrected chi connectivity index (χ2v) is 13.9. The predicted molar refractivity (Wildman–Crippen MR) is 167 cm³/mol. The summed E-state index contributed by atoms with van der Waals surface area (Å²) in [5.41, 5.74) is 1.54. The van der Waals surface area contributed by atoms with Crippen LogP contribution in [-0.2, 0) is 4.74 Å². The van der Waals surface area contributed by atoms with Crippen molar-refractivity contribution in [2.45, 2.75) is 161 Å². The van der Waals surface area contributed by atoms with E-state index in [1.165, 1.54) is 128 Å². The third-order valence-corrected chi connectivity index (χ3v) is 10.7. The standard InChI is InChI=1S/C37H62O2/c1-3-4-9-31-12-14-32(15-13-31)16-17-33-18-20-34(21-19-33)35-22-26-37(27-23-35)39-29-8-6-5-7-28-38-36-24-10-30(2)11-25-36/h22-23,26-27,30-34,36H,3-21,24-25,28-29H2,1-2H3. The van der Waals surface area contributed by atoms with Crippen molar-refractivity contribution >= 4 is 0 Å². The SMILES string of the molecule is CCCCC1CCC(CCC2CCC(c3ccc(OCCCCCCOC4CCC(C)CC4)cc3)CC2)CC1. The average Bonchev–Trinajstić information content (AvgIpc) is 2.98. The Morgan fingerprint density at radius 1 is 0.590 bits per heavy atom. The first-order valence-electron chi connectivity index (χ1n) is 17.5. The van der Waals surface area contributed by atoms with Crippen LogP contribution in [0.5, 0.6) is 5.75 Å². The van der Waals surface area contributed by atoms with E-state index in [0.29, 0.717) is 6.10 Å². The monoisotopic (exact) mass is 538 g/mol. The first-order chi connectivity index (χ1) is 19.2. The molecule has 3 saturated carbocycles. The lowest BCUT2D eigenvalue weighted by molar-refractivity contribution is 0.0178. The predicted octanol–water partition coefficient (Wildman–Crippen LogP) is 11.3. The van der Waals surface area contributed by atoms with Crippen LogP contribution in [0.15, 0.2) is 24.3 Å². The molecular weight excluding hydrogens is 476 g/mol. The maximum atomic E-state index is 6.09. The molecule has 0 spiro atoms. The molecule has 3 fully saturated rings. The largest absolute Gasteiger partial charge is 0.494 e. The van der Waals surface area contributed by atoms with E-state index in [-0.39, 0.29) is 0 Å². The molecule has 3 aliphatic carbocycles. The van der Waals surface area contributed by atoms with E-state index < -0.39 is 0 Å². The van der Waals surface area contributed by atoms with Gasteiger partial charge >= 0.3 is 0 Å². The van der Waals surface area contributed by atoms with Gasteiger partial charge in [-0.25, -0.2) is 0 Å². The quantitative estimate of drug-likeness (QED) is 0.195. The molecule has 4 rings (SSSR count). The zero-order valence-electron chi connectivity index (χ0n) is 25.9. The molecule has 1 aromatic rings. The van der Waals surface area contributed by atoms with Crippen LogP contribution in [-0.4, -0.2) is 19.3 Å². The Morgan fingerprint density at radius 3 is 1.77 bits per heavy atom. The number of hydrogen-bond donors (Lipinski definition) is 0. The Kier molecular flexibility index (Phi) is 14.1. The molecule has 0 amide bonds. The maximum absolute atomic E-state index is 6.09.